The maximum absolute atomic E-state index is 10.6. The van der Waals surface area contributed by atoms with Crippen LogP contribution < -0.4 is 15.4 Å². The first-order chi connectivity index (χ1) is 15.5. The van der Waals surface area contributed by atoms with E-state index in [-0.39, 0.29) is 30.1 Å². The molecule has 0 saturated heterocycles. The third kappa shape index (κ3) is 9.05. The smallest absolute Gasteiger partial charge is 0.191 e. The molecule has 0 fully saturated rings. The Hall–Kier alpha value is -2.59. The fourth-order valence-corrected chi connectivity index (χ4v) is 3.23. The number of hydrogen-bond donors (Lipinski definition) is 3. The standard InChI is InChI=1S/C25H33N5O2.HI/c1-4-27-25(29-16-24(31)22-6-5-7-23(14-22)32-19(2)3)28-15-20-8-10-21(11-9-20)17-30-13-12-26-18-30;/h5-14,18-19,24,31H,4,15-17H2,1-3H3,(H2,27,28,29);1H. The van der Waals surface area contributed by atoms with Crippen LogP contribution in [0.15, 0.2) is 72.2 Å². The molecule has 0 aliphatic rings. The molecule has 0 radical (unpaired) electrons. The highest BCUT2D eigenvalue weighted by Crippen LogP contribution is 2.20. The molecule has 0 spiro atoms. The molecule has 1 aromatic heterocycles. The molecule has 1 heterocycles. The van der Waals surface area contributed by atoms with Crippen LogP contribution in [0.25, 0.3) is 0 Å². The minimum absolute atomic E-state index is 0. The van der Waals surface area contributed by atoms with Crippen molar-refractivity contribution in [3.8, 4) is 5.75 Å². The van der Waals surface area contributed by atoms with E-state index in [1.165, 1.54) is 5.56 Å². The second kappa shape index (κ2) is 13.8. The lowest BCUT2D eigenvalue weighted by Crippen LogP contribution is -2.39. The number of nitrogens with one attached hydrogen (secondary N) is 2. The Morgan fingerprint density at radius 2 is 1.88 bits per heavy atom. The molecule has 178 valence electrons. The Kier molecular flexibility index (Phi) is 11.2. The first kappa shape index (κ1) is 26.7. The maximum atomic E-state index is 10.6. The fourth-order valence-electron chi connectivity index (χ4n) is 3.23. The number of hydrogen-bond acceptors (Lipinski definition) is 4. The van der Waals surface area contributed by atoms with Gasteiger partial charge in [-0.15, -0.1) is 24.0 Å². The summed E-state index contributed by atoms with van der Waals surface area (Å²) in [5, 5.41) is 17.1. The molecule has 1 atom stereocenters. The summed E-state index contributed by atoms with van der Waals surface area (Å²) in [5.74, 6) is 1.43. The summed E-state index contributed by atoms with van der Waals surface area (Å²) in [6, 6.07) is 16.0. The largest absolute Gasteiger partial charge is 0.491 e. The van der Waals surface area contributed by atoms with Crippen molar-refractivity contribution in [1.82, 2.24) is 20.2 Å². The summed E-state index contributed by atoms with van der Waals surface area (Å²) in [4.78, 5) is 8.73. The number of guanidine groups is 1. The molecule has 0 amide bonds. The summed E-state index contributed by atoms with van der Waals surface area (Å²) in [6.07, 6.45) is 4.97. The first-order valence-electron chi connectivity index (χ1n) is 11.0. The van der Waals surface area contributed by atoms with Crippen LogP contribution >= 0.6 is 24.0 Å². The molecule has 3 aromatic rings. The monoisotopic (exact) mass is 563 g/mol. The quantitative estimate of drug-likeness (QED) is 0.196. The zero-order chi connectivity index (χ0) is 22.8. The highest BCUT2D eigenvalue weighted by molar-refractivity contribution is 14.0. The number of imidazole rings is 1. The van der Waals surface area contributed by atoms with Crippen molar-refractivity contribution >= 4 is 29.9 Å². The van der Waals surface area contributed by atoms with Crippen molar-refractivity contribution in [3.05, 3.63) is 83.9 Å². The molecule has 2 aromatic carbocycles. The second-order valence-electron chi connectivity index (χ2n) is 7.88. The normalized spacial score (nSPS) is 12.2. The van der Waals surface area contributed by atoms with Gasteiger partial charge >= 0.3 is 0 Å². The van der Waals surface area contributed by atoms with Crippen LogP contribution in [0.5, 0.6) is 5.75 Å². The second-order valence-corrected chi connectivity index (χ2v) is 7.88. The molecule has 8 heteroatoms. The Bertz CT molecular complexity index is 975. The predicted octanol–water partition coefficient (Wildman–Crippen LogP) is 4.13. The van der Waals surface area contributed by atoms with Crippen LogP contribution in [0.1, 0.15) is 43.6 Å². The molecule has 33 heavy (non-hydrogen) atoms. The SMILES string of the molecule is CCNC(=NCc1ccc(Cn2ccnc2)cc1)NCC(O)c1cccc(OC(C)C)c1.I. The van der Waals surface area contributed by atoms with E-state index in [0.717, 1.165) is 30.0 Å². The highest BCUT2D eigenvalue weighted by atomic mass is 127. The van der Waals surface area contributed by atoms with E-state index < -0.39 is 6.10 Å². The molecule has 1 unspecified atom stereocenters. The van der Waals surface area contributed by atoms with E-state index in [0.29, 0.717) is 19.0 Å². The van der Waals surface area contributed by atoms with Gasteiger partial charge in [0.05, 0.1) is 25.1 Å². The average molecular weight is 563 g/mol. The molecular formula is C25H34IN5O2. The summed E-state index contributed by atoms with van der Waals surface area (Å²) < 4.78 is 7.76. The van der Waals surface area contributed by atoms with Crippen molar-refractivity contribution in [2.24, 2.45) is 4.99 Å². The van der Waals surface area contributed by atoms with E-state index in [1.54, 1.807) is 6.20 Å². The zero-order valence-electron chi connectivity index (χ0n) is 19.4. The third-order valence-electron chi connectivity index (χ3n) is 4.79. The molecule has 0 saturated carbocycles. The van der Waals surface area contributed by atoms with Gasteiger partial charge in [-0.1, -0.05) is 36.4 Å². The van der Waals surface area contributed by atoms with E-state index in [2.05, 4.69) is 44.9 Å². The lowest BCUT2D eigenvalue weighted by Gasteiger charge is -2.17. The molecule has 7 nitrogen and oxygen atoms in total. The van der Waals surface area contributed by atoms with Crippen molar-refractivity contribution in [2.75, 3.05) is 13.1 Å². The number of aliphatic hydroxyl groups is 1. The summed E-state index contributed by atoms with van der Waals surface area (Å²) in [7, 11) is 0. The summed E-state index contributed by atoms with van der Waals surface area (Å²) in [5.41, 5.74) is 3.14. The maximum Gasteiger partial charge on any atom is 0.191 e. The lowest BCUT2D eigenvalue weighted by atomic mass is 10.1. The number of aromatic nitrogens is 2. The van der Waals surface area contributed by atoms with Gasteiger partial charge in [-0.2, -0.15) is 0 Å². The number of benzene rings is 2. The van der Waals surface area contributed by atoms with Crippen LogP contribution in [0.2, 0.25) is 0 Å². The number of ether oxygens (including phenoxy) is 1. The van der Waals surface area contributed by atoms with Crippen molar-refractivity contribution in [3.63, 3.8) is 0 Å². The summed E-state index contributed by atoms with van der Waals surface area (Å²) in [6.45, 7) is 8.42. The van der Waals surface area contributed by atoms with Gasteiger partial charge in [-0.05, 0) is 49.6 Å². The molecular weight excluding hydrogens is 529 g/mol. The van der Waals surface area contributed by atoms with Crippen LogP contribution in [0.3, 0.4) is 0 Å². The van der Waals surface area contributed by atoms with Gasteiger partial charge < -0.3 is 25.0 Å². The van der Waals surface area contributed by atoms with Gasteiger partial charge in [0.25, 0.3) is 0 Å². The Morgan fingerprint density at radius 1 is 1.12 bits per heavy atom. The summed E-state index contributed by atoms with van der Waals surface area (Å²) >= 11 is 0. The van der Waals surface area contributed by atoms with Crippen LogP contribution in [-0.2, 0) is 13.1 Å². The minimum Gasteiger partial charge on any atom is -0.491 e. The number of rotatable bonds is 10. The van der Waals surface area contributed by atoms with Gasteiger partial charge in [0.15, 0.2) is 5.96 Å². The Labute approximate surface area is 213 Å². The van der Waals surface area contributed by atoms with Gasteiger partial charge in [-0.3, -0.25) is 0 Å². The van der Waals surface area contributed by atoms with Gasteiger partial charge in [-0.25, -0.2) is 9.98 Å². The number of halogens is 1. The number of nitrogens with zero attached hydrogens (tertiary/aromatic N) is 3. The highest BCUT2D eigenvalue weighted by Gasteiger charge is 2.10. The van der Waals surface area contributed by atoms with E-state index in [4.69, 9.17) is 4.74 Å². The molecule has 3 rings (SSSR count). The fraction of sp³-hybridized carbons (Fsp3) is 0.360. The van der Waals surface area contributed by atoms with Gasteiger partial charge in [0.1, 0.15) is 5.75 Å². The van der Waals surface area contributed by atoms with Crippen molar-refractivity contribution < 1.29 is 9.84 Å². The molecule has 0 bridgehead atoms. The topological polar surface area (TPSA) is 83.7 Å². The zero-order valence-corrected chi connectivity index (χ0v) is 21.8. The van der Waals surface area contributed by atoms with E-state index in [9.17, 15) is 5.11 Å². The third-order valence-corrected chi connectivity index (χ3v) is 4.79. The molecule has 0 aliphatic carbocycles. The Morgan fingerprint density at radius 3 is 2.55 bits per heavy atom. The molecule has 3 N–H and O–H groups in total. The van der Waals surface area contributed by atoms with Crippen molar-refractivity contribution in [1.29, 1.82) is 0 Å². The first-order valence-corrected chi connectivity index (χ1v) is 11.0. The number of aliphatic hydroxyl groups excluding tert-OH is 1. The van der Waals surface area contributed by atoms with Gasteiger partial charge in [0.2, 0.25) is 0 Å². The minimum atomic E-state index is -0.669. The van der Waals surface area contributed by atoms with Crippen LogP contribution in [-0.4, -0.2) is 39.8 Å². The van der Waals surface area contributed by atoms with E-state index in [1.807, 2.05) is 62.1 Å². The average Bonchev–Trinajstić information content (AvgIpc) is 3.29. The Balaban J connectivity index is 0.00000385. The van der Waals surface area contributed by atoms with Gasteiger partial charge in [0, 0.05) is 32.0 Å². The van der Waals surface area contributed by atoms with Crippen LogP contribution in [0, 0.1) is 0 Å². The number of aliphatic imine (C=N–C) groups is 1. The predicted molar refractivity (Wildman–Crippen MR) is 143 cm³/mol. The van der Waals surface area contributed by atoms with Crippen molar-refractivity contribution in [2.45, 2.75) is 46.1 Å². The lowest BCUT2D eigenvalue weighted by molar-refractivity contribution is 0.179. The van der Waals surface area contributed by atoms with E-state index >= 15 is 0 Å². The van der Waals surface area contributed by atoms with Crippen LogP contribution in [0.4, 0.5) is 0 Å². The molecule has 0 aliphatic heterocycles.